The molecule has 0 spiro atoms. The highest BCUT2D eigenvalue weighted by molar-refractivity contribution is 6.40. The van der Waals surface area contributed by atoms with Crippen molar-refractivity contribution in [3.8, 4) is 0 Å². The monoisotopic (exact) mass is 312 g/mol. The van der Waals surface area contributed by atoms with Crippen LogP contribution in [0.5, 0.6) is 0 Å². The van der Waals surface area contributed by atoms with Crippen LogP contribution in [-0.2, 0) is 9.59 Å². The Balaban J connectivity index is 1.93. The van der Waals surface area contributed by atoms with Crippen LogP contribution >= 0.6 is 11.6 Å². The van der Waals surface area contributed by atoms with E-state index in [4.69, 9.17) is 16.7 Å². The van der Waals surface area contributed by atoms with Gasteiger partial charge >= 0.3 is 11.8 Å². The minimum absolute atomic E-state index is 0.0111. The molecule has 112 valence electrons. The summed E-state index contributed by atoms with van der Waals surface area (Å²) >= 11 is 5.70. The molecular formula is C14H14ClFN2O3. The SMILES string of the molecule is O=C(Nc1cc(Cl)ccc1F)C(=O)N[C@@H]1C=C[C@H](CO)C1. The zero-order valence-electron chi connectivity index (χ0n) is 11.0. The van der Waals surface area contributed by atoms with Crippen molar-refractivity contribution in [3.05, 3.63) is 41.2 Å². The number of benzene rings is 1. The lowest BCUT2D eigenvalue weighted by Gasteiger charge is -2.12. The molecular weight excluding hydrogens is 299 g/mol. The van der Waals surface area contributed by atoms with Crippen LogP contribution in [0.1, 0.15) is 6.42 Å². The smallest absolute Gasteiger partial charge is 0.313 e. The largest absolute Gasteiger partial charge is 0.396 e. The summed E-state index contributed by atoms with van der Waals surface area (Å²) in [5.41, 5.74) is -0.155. The highest BCUT2D eigenvalue weighted by Crippen LogP contribution is 2.20. The van der Waals surface area contributed by atoms with Crippen molar-refractivity contribution < 1.29 is 19.1 Å². The Morgan fingerprint density at radius 2 is 2.10 bits per heavy atom. The van der Waals surface area contributed by atoms with Gasteiger partial charge in [0.15, 0.2) is 0 Å². The summed E-state index contributed by atoms with van der Waals surface area (Å²) in [5, 5.41) is 13.9. The highest BCUT2D eigenvalue weighted by Gasteiger charge is 2.23. The average molecular weight is 313 g/mol. The van der Waals surface area contributed by atoms with Gasteiger partial charge in [-0.05, 0) is 24.6 Å². The van der Waals surface area contributed by atoms with Gasteiger partial charge in [-0.15, -0.1) is 0 Å². The van der Waals surface area contributed by atoms with Gasteiger partial charge in [0.25, 0.3) is 0 Å². The number of aliphatic hydroxyl groups is 1. The molecule has 0 fully saturated rings. The van der Waals surface area contributed by atoms with Gasteiger partial charge < -0.3 is 15.7 Å². The first-order chi connectivity index (χ1) is 9.99. The van der Waals surface area contributed by atoms with Crippen molar-refractivity contribution in [2.75, 3.05) is 11.9 Å². The number of rotatable bonds is 3. The Bertz CT molecular complexity index is 592. The zero-order chi connectivity index (χ0) is 15.4. The molecule has 2 amide bonds. The van der Waals surface area contributed by atoms with E-state index in [1.807, 2.05) is 0 Å². The van der Waals surface area contributed by atoms with Crippen molar-refractivity contribution in [2.45, 2.75) is 12.5 Å². The molecule has 0 bridgehead atoms. The summed E-state index contributed by atoms with van der Waals surface area (Å²) in [7, 11) is 0. The molecule has 1 aliphatic rings. The normalized spacial score (nSPS) is 20.3. The maximum Gasteiger partial charge on any atom is 0.313 e. The van der Waals surface area contributed by atoms with E-state index in [0.717, 1.165) is 6.07 Å². The maximum atomic E-state index is 13.5. The second-order valence-electron chi connectivity index (χ2n) is 4.72. The molecule has 2 atom stereocenters. The molecule has 1 aromatic carbocycles. The predicted octanol–water partition coefficient (Wildman–Crippen LogP) is 1.47. The molecule has 0 aromatic heterocycles. The van der Waals surface area contributed by atoms with Gasteiger partial charge in [-0.3, -0.25) is 9.59 Å². The van der Waals surface area contributed by atoms with Gasteiger partial charge in [-0.2, -0.15) is 0 Å². The highest BCUT2D eigenvalue weighted by atomic mass is 35.5. The number of hydrogen-bond donors (Lipinski definition) is 3. The van der Waals surface area contributed by atoms with Crippen LogP contribution in [0.25, 0.3) is 0 Å². The van der Waals surface area contributed by atoms with Gasteiger partial charge in [-0.25, -0.2) is 4.39 Å². The summed E-state index contributed by atoms with van der Waals surface area (Å²) in [6.45, 7) is -0.0111. The van der Waals surface area contributed by atoms with Crippen LogP contribution in [0.4, 0.5) is 10.1 Å². The number of aliphatic hydroxyl groups excluding tert-OH is 1. The number of hydrogen-bond acceptors (Lipinski definition) is 3. The molecule has 0 saturated carbocycles. The van der Waals surface area contributed by atoms with E-state index in [2.05, 4.69) is 10.6 Å². The van der Waals surface area contributed by atoms with Crippen molar-refractivity contribution >= 4 is 29.1 Å². The second-order valence-corrected chi connectivity index (χ2v) is 5.16. The Kier molecular flexibility index (Phi) is 4.93. The minimum Gasteiger partial charge on any atom is -0.396 e. The molecule has 0 heterocycles. The maximum absolute atomic E-state index is 13.5. The molecule has 5 nitrogen and oxygen atoms in total. The summed E-state index contributed by atoms with van der Waals surface area (Å²) in [5.74, 6) is -2.55. The average Bonchev–Trinajstić information content (AvgIpc) is 2.90. The van der Waals surface area contributed by atoms with Gasteiger partial charge in [0.1, 0.15) is 5.82 Å². The minimum atomic E-state index is -0.975. The van der Waals surface area contributed by atoms with E-state index in [1.54, 1.807) is 12.2 Å². The third-order valence-electron chi connectivity index (χ3n) is 3.11. The van der Waals surface area contributed by atoms with Crippen LogP contribution in [-0.4, -0.2) is 29.6 Å². The first-order valence-electron chi connectivity index (χ1n) is 6.35. The second kappa shape index (κ2) is 6.69. The number of amides is 2. The number of halogens is 2. The van der Waals surface area contributed by atoms with Crippen molar-refractivity contribution in [1.82, 2.24) is 5.32 Å². The van der Waals surface area contributed by atoms with Gasteiger partial charge in [-0.1, -0.05) is 23.8 Å². The third-order valence-corrected chi connectivity index (χ3v) is 3.34. The third kappa shape index (κ3) is 4.03. The number of nitrogens with one attached hydrogen (secondary N) is 2. The first kappa shape index (κ1) is 15.5. The topological polar surface area (TPSA) is 78.4 Å². The van der Waals surface area contributed by atoms with Crippen molar-refractivity contribution in [3.63, 3.8) is 0 Å². The fourth-order valence-electron chi connectivity index (χ4n) is 2.02. The Morgan fingerprint density at radius 3 is 2.76 bits per heavy atom. The van der Waals surface area contributed by atoms with E-state index in [0.29, 0.717) is 6.42 Å². The van der Waals surface area contributed by atoms with Crippen molar-refractivity contribution in [2.24, 2.45) is 5.92 Å². The summed E-state index contributed by atoms with van der Waals surface area (Å²) < 4.78 is 13.5. The molecule has 7 heteroatoms. The number of anilines is 1. The van der Waals surface area contributed by atoms with E-state index >= 15 is 0 Å². The molecule has 3 N–H and O–H groups in total. The summed E-state index contributed by atoms with van der Waals surface area (Å²) in [6.07, 6.45) is 4.02. The fraction of sp³-hybridized carbons (Fsp3) is 0.286. The Labute approximate surface area is 125 Å². The molecule has 2 rings (SSSR count). The van der Waals surface area contributed by atoms with Crippen LogP contribution in [0.15, 0.2) is 30.4 Å². The van der Waals surface area contributed by atoms with Crippen LogP contribution in [0.2, 0.25) is 5.02 Å². The standard InChI is InChI=1S/C14H14ClFN2O3/c15-9-2-4-11(16)12(6-9)18-14(21)13(20)17-10-3-1-8(5-10)7-19/h1-4,6,8,10,19H,5,7H2,(H,17,20)(H,18,21)/t8-,10+/m0/s1. The number of carbonyl (C=O) groups is 2. The zero-order valence-corrected chi connectivity index (χ0v) is 11.7. The molecule has 21 heavy (non-hydrogen) atoms. The Morgan fingerprint density at radius 1 is 1.33 bits per heavy atom. The summed E-state index contributed by atoms with van der Waals surface area (Å²) in [6, 6.07) is 3.34. The van der Waals surface area contributed by atoms with Gasteiger partial charge in [0.05, 0.1) is 5.69 Å². The van der Waals surface area contributed by atoms with Crippen LogP contribution in [0, 0.1) is 11.7 Å². The molecule has 1 aliphatic carbocycles. The van der Waals surface area contributed by atoms with Crippen LogP contribution < -0.4 is 10.6 Å². The van der Waals surface area contributed by atoms with E-state index in [9.17, 15) is 14.0 Å². The fourth-order valence-corrected chi connectivity index (χ4v) is 2.20. The van der Waals surface area contributed by atoms with Gasteiger partial charge in [0.2, 0.25) is 0 Å². The van der Waals surface area contributed by atoms with Crippen LogP contribution in [0.3, 0.4) is 0 Å². The Hall–Kier alpha value is -1.92. The predicted molar refractivity (Wildman–Crippen MR) is 76.3 cm³/mol. The van der Waals surface area contributed by atoms with E-state index < -0.39 is 17.6 Å². The number of carbonyl (C=O) groups excluding carboxylic acids is 2. The van der Waals surface area contributed by atoms with E-state index in [-0.39, 0.29) is 29.3 Å². The molecule has 1 aromatic rings. The lowest BCUT2D eigenvalue weighted by atomic mass is 10.1. The molecule has 0 aliphatic heterocycles. The van der Waals surface area contributed by atoms with Gasteiger partial charge in [0, 0.05) is 23.6 Å². The van der Waals surface area contributed by atoms with E-state index in [1.165, 1.54) is 12.1 Å². The first-order valence-corrected chi connectivity index (χ1v) is 6.73. The molecule has 0 saturated heterocycles. The lowest BCUT2D eigenvalue weighted by molar-refractivity contribution is -0.136. The quantitative estimate of drug-likeness (QED) is 0.584. The summed E-state index contributed by atoms with van der Waals surface area (Å²) in [4.78, 5) is 23.4. The lowest BCUT2D eigenvalue weighted by Crippen LogP contribution is -2.40. The molecule has 0 unspecified atom stereocenters. The molecule has 0 radical (unpaired) electrons. The van der Waals surface area contributed by atoms with Crippen molar-refractivity contribution in [1.29, 1.82) is 0 Å².